The van der Waals surface area contributed by atoms with Gasteiger partial charge >= 0.3 is 0 Å². The van der Waals surface area contributed by atoms with Gasteiger partial charge in [-0.05, 0) is 25.0 Å². The fourth-order valence-electron chi connectivity index (χ4n) is 3.17. The van der Waals surface area contributed by atoms with E-state index in [0.29, 0.717) is 25.3 Å². The number of hydrogen-bond acceptors (Lipinski definition) is 6. The molecule has 0 saturated heterocycles. The number of nitrogens with one attached hydrogen (secondary N) is 1. The van der Waals surface area contributed by atoms with Crippen LogP contribution in [0.4, 0.5) is 5.82 Å². The van der Waals surface area contributed by atoms with Crippen molar-refractivity contribution in [3.63, 3.8) is 0 Å². The average molecular weight is 380 g/mol. The first-order valence-corrected chi connectivity index (χ1v) is 8.93. The molecule has 3 aromatic heterocycles. The minimum Gasteiger partial charge on any atom is -0.337 e. The number of aryl methyl sites for hydroxylation is 2. The number of carbonyl (C=O) groups is 2. The van der Waals surface area contributed by atoms with E-state index in [9.17, 15) is 9.59 Å². The van der Waals surface area contributed by atoms with Gasteiger partial charge in [0.15, 0.2) is 0 Å². The molecule has 0 aliphatic carbocycles. The van der Waals surface area contributed by atoms with E-state index in [1.54, 1.807) is 34.9 Å². The van der Waals surface area contributed by atoms with E-state index in [1.807, 2.05) is 19.1 Å². The summed E-state index contributed by atoms with van der Waals surface area (Å²) in [7, 11) is 1.67. The van der Waals surface area contributed by atoms with Crippen LogP contribution in [0.5, 0.6) is 0 Å². The molecule has 1 N–H and O–H groups in total. The van der Waals surface area contributed by atoms with Crippen LogP contribution in [0, 0.1) is 6.92 Å². The van der Waals surface area contributed by atoms with Crippen LogP contribution in [0.1, 0.15) is 28.3 Å². The Hall–Kier alpha value is -3.56. The number of rotatable bonds is 4. The molecule has 0 radical (unpaired) electrons. The Morgan fingerprint density at radius 3 is 2.96 bits per heavy atom. The summed E-state index contributed by atoms with van der Waals surface area (Å²) in [5, 5.41) is 11.2. The maximum atomic E-state index is 12.7. The topological polar surface area (TPSA) is 111 Å². The van der Waals surface area contributed by atoms with Crippen molar-refractivity contribution in [2.24, 2.45) is 0 Å². The molecule has 3 aromatic rings. The van der Waals surface area contributed by atoms with E-state index in [-0.39, 0.29) is 11.7 Å². The molecule has 4 heterocycles. The molecule has 10 nitrogen and oxygen atoms in total. The molecule has 1 atom stereocenters. The molecule has 0 fully saturated rings. The molecule has 0 spiro atoms. The van der Waals surface area contributed by atoms with Crippen molar-refractivity contribution < 1.29 is 9.59 Å². The summed E-state index contributed by atoms with van der Waals surface area (Å²) >= 11 is 0. The van der Waals surface area contributed by atoms with E-state index < -0.39 is 11.9 Å². The lowest BCUT2D eigenvalue weighted by Crippen LogP contribution is -2.47. The van der Waals surface area contributed by atoms with Crippen LogP contribution in [0.25, 0.3) is 0 Å². The van der Waals surface area contributed by atoms with Gasteiger partial charge in [-0.25, -0.2) is 14.3 Å². The molecule has 10 heteroatoms. The Morgan fingerprint density at radius 2 is 2.14 bits per heavy atom. The Balaban J connectivity index is 1.44. The molecule has 0 unspecified atom stereocenters. The molecule has 28 heavy (non-hydrogen) atoms. The van der Waals surface area contributed by atoms with Crippen molar-refractivity contribution in [3.05, 3.63) is 54.0 Å². The van der Waals surface area contributed by atoms with Gasteiger partial charge in [-0.15, -0.1) is 5.10 Å². The van der Waals surface area contributed by atoms with Crippen LogP contribution in [-0.2, 0) is 17.9 Å². The number of hydrogen-bond donors (Lipinski definition) is 1. The summed E-state index contributed by atoms with van der Waals surface area (Å²) in [5.74, 6) is 0.0415. The fourth-order valence-corrected chi connectivity index (χ4v) is 3.17. The van der Waals surface area contributed by atoms with Crippen LogP contribution in [-0.4, -0.2) is 54.4 Å². The summed E-state index contributed by atoms with van der Waals surface area (Å²) in [5.41, 5.74) is 1.89. The largest absolute Gasteiger partial charge is 0.337 e. The molecule has 2 amide bonds. The summed E-state index contributed by atoms with van der Waals surface area (Å²) in [6.45, 7) is 2.91. The molecule has 1 aliphatic heterocycles. The van der Waals surface area contributed by atoms with Gasteiger partial charge in [-0.2, -0.15) is 5.10 Å². The first-order valence-electron chi connectivity index (χ1n) is 8.93. The minimum atomic E-state index is -0.663. The van der Waals surface area contributed by atoms with Gasteiger partial charge in [0, 0.05) is 25.9 Å². The molecule has 144 valence electrons. The van der Waals surface area contributed by atoms with Crippen LogP contribution < -0.4 is 10.2 Å². The van der Waals surface area contributed by atoms with E-state index in [0.717, 1.165) is 11.3 Å². The first kappa shape index (κ1) is 17.8. The van der Waals surface area contributed by atoms with Crippen LogP contribution >= 0.6 is 0 Å². The predicted octanol–water partition coefficient (Wildman–Crippen LogP) is 0.391. The third kappa shape index (κ3) is 3.36. The molecule has 0 saturated carbocycles. The van der Waals surface area contributed by atoms with Crippen LogP contribution in [0.3, 0.4) is 0 Å². The lowest BCUT2D eigenvalue weighted by atomic mass is 10.2. The number of aromatic nitrogens is 6. The van der Waals surface area contributed by atoms with Gasteiger partial charge in [-0.3, -0.25) is 19.5 Å². The summed E-state index contributed by atoms with van der Waals surface area (Å²) in [6, 6.07) is 4.94. The van der Waals surface area contributed by atoms with Crippen molar-refractivity contribution in [2.45, 2.75) is 32.5 Å². The SMILES string of the molecule is Cc1cccnc1Cn1cnc(C(=O)N[C@H]2CCn3nccc3N(C)C2=O)n1. The Morgan fingerprint density at radius 1 is 1.29 bits per heavy atom. The van der Waals surface area contributed by atoms with E-state index in [4.69, 9.17) is 0 Å². The smallest absolute Gasteiger partial charge is 0.291 e. The van der Waals surface area contributed by atoms with Crippen LogP contribution in [0.2, 0.25) is 0 Å². The highest BCUT2D eigenvalue weighted by Crippen LogP contribution is 2.18. The lowest BCUT2D eigenvalue weighted by molar-refractivity contribution is -0.120. The highest BCUT2D eigenvalue weighted by molar-refractivity contribution is 6.00. The van der Waals surface area contributed by atoms with Gasteiger partial charge in [0.1, 0.15) is 18.2 Å². The zero-order valence-electron chi connectivity index (χ0n) is 15.6. The third-order valence-electron chi connectivity index (χ3n) is 4.77. The predicted molar refractivity (Wildman–Crippen MR) is 99.6 cm³/mol. The van der Waals surface area contributed by atoms with Crippen molar-refractivity contribution in [1.82, 2.24) is 34.8 Å². The summed E-state index contributed by atoms with van der Waals surface area (Å²) in [6.07, 6.45) is 5.29. The highest BCUT2D eigenvalue weighted by atomic mass is 16.2. The van der Waals surface area contributed by atoms with Crippen molar-refractivity contribution in [2.75, 3.05) is 11.9 Å². The monoisotopic (exact) mass is 380 g/mol. The van der Waals surface area contributed by atoms with Crippen molar-refractivity contribution >= 4 is 17.6 Å². The zero-order valence-corrected chi connectivity index (χ0v) is 15.6. The van der Waals surface area contributed by atoms with Crippen molar-refractivity contribution in [1.29, 1.82) is 0 Å². The average Bonchev–Trinajstić information content (AvgIpc) is 3.33. The standard InChI is InChI=1S/C18H20N8O2/c1-12-4-3-7-19-14(12)10-25-11-20-16(23-25)17(27)22-13-6-9-26-15(5-8-21-26)24(2)18(13)28/h3-5,7-8,11,13H,6,9-10H2,1-2H3,(H,22,27)/t13-/m0/s1. The number of fused-ring (bicyclic) bond motifs is 1. The van der Waals surface area contributed by atoms with Gasteiger partial charge in [0.25, 0.3) is 11.8 Å². The molecule has 1 aliphatic rings. The second-order valence-electron chi connectivity index (χ2n) is 6.66. The number of carbonyl (C=O) groups excluding carboxylic acids is 2. The zero-order chi connectivity index (χ0) is 19.7. The Labute approximate surface area is 161 Å². The maximum absolute atomic E-state index is 12.7. The van der Waals surface area contributed by atoms with Crippen LogP contribution in [0.15, 0.2) is 36.9 Å². The van der Waals surface area contributed by atoms with Gasteiger partial charge in [0.2, 0.25) is 5.82 Å². The summed E-state index contributed by atoms with van der Waals surface area (Å²) < 4.78 is 3.30. The minimum absolute atomic E-state index is 0.0195. The van der Waals surface area contributed by atoms with E-state index in [1.165, 1.54) is 11.2 Å². The molecular formula is C18H20N8O2. The van der Waals surface area contributed by atoms with Gasteiger partial charge in [-0.1, -0.05) is 6.07 Å². The van der Waals surface area contributed by atoms with E-state index >= 15 is 0 Å². The second-order valence-corrected chi connectivity index (χ2v) is 6.66. The quantitative estimate of drug-likeness (QED) is 0.701. The first-order chi connectivity index (χ1) is 13.5. The molecule has 0 aromatic carbocycles. The van der Waals surface area contributed by atoms with E-state index in [2.05, 4.69) is 25.5 Å². The Kier molecular flexibility index (Phi) is 4.60. The molecule has 4 rings (SSSR count). The number of pyridine rings is 1. The van der Waals surface area contributed by atoms with Gasteiger partial charge < -0.3 is 5.32 Å². The maximum Gasteiger partial charge on any atom is 0.291 e. The van der Waals surface area contributed by atoms with Crippen molar-refractivity contribution in [3.8, 4) is 0 Å². The molecule has 0 bridgehead atoms. The normalized spacial score (nSPS) is 16.6. The third-order valence-corrected chi connectivity index (χ3v) is 4.77. The van der Waals surface area contributed by atoms with Gasteiger partial charge in [0.05, 0.1) is 18.4 Å². The highest BCUT2D eigenvalue weighted by Gasteiger charge is 2.30. The fraction of sp³-hybridized carbons (Fsp3) is 0.333. The summed E-state index contributed by atoms with van der Waals surface area (Å²) in [4.78, 5) is 35.1. The Bertz CT molecular complexity index is 1020. The number of anilines is 1. The number of likely N-dealkylation sites (N-methyl/N-ethyl adjacent to an activating group) is 1. The number of nitrogens with zero attached hydrogens (tertiary/aromatic N) is 7. The molecular weight excluding hydrogens is 360 g/mol. The number of amides is 2. The lowest BCUT2D eigenvalue weighted by Gasteiger charge is -2.19. The second kappa shape index (κ2) is 7.22.